The van der Waals surface area contributed by atoms with Crippen LogP contribution in [-0.2, 0) is 14.6 Å². The van der Waals surface area contributed by atoms with E-state index in [2.05, 4.69) is 10.3 Å². The lowest BCUT2D eigenvalue weighted by Crippen LogP contribution is -2.37. The van der Waals surface area contributed by atoms with Gasteiger partial charge in [-0.2, -0.15) is 0 Å². The molecule has 3 rings (SSSR count). The Bertz CT molecular complexity index is 927. The SMILES string of the molecule is CS(=O)(=O)c1ccc(F)c(C(=O)Nc2cccnc2N2CCOCC2)c1. The first-order valence-corrected chi connectivity index (χ1v) is 9.84. The number of pyridine rings is 1. The van der Waals surface area contributed by atoms with Crippen LogP contribution < -0.4 is 10.2 Å². The van der Waals surface area contributed by atoms with Gasteiger partial charge in [-0.25, -0.2) is 17.8 Å². The summed E-state index contributed by atoms with van der Waals surface area (Å²) in [6.45, 7) is 2.35. The van der Waals surface area contributed by atoms with Crippen LogP contribution in [0.15, 0.2) is 41.4 Å². The lowest BCUT2D eigenvalue weighted by molar-refractivity contribution is 0.102. The zero-order valence-corrected chi connectivity index (χ0v) is 14.9. The van der Waals surface area contributed by atoms with Gasteiger partial charge in [-0.1, -0.05) is 0 Å². The van der Waals surface area contributed by atoms with Crippen LogP contribution in [0.3, 0.4) is 0 Å². The molecule has 1 N–H and O–H groups in total. The summed E-state index contributed by atoms with van der Waals surface area (Å²) >= 11 is 0. The van der Waals surface area contributed by atoms with Crippen molar-refractivity contribution in [3.8, 4) is 0 Å². The van der Waals surface area contributed by atoms with E-state index in [1.165, 1.54) is 0 Å². The van der Waals surface area contributed by atoms with E-state index in [4.69, 9.17) is 4.74 Å². The second-order valence-corrected chi connectivity index (χ2v) is 7.86. The lowest BCUT2D eigenvalue weighted by atomic mass is 10.2. The molecule has 0 saturated carbocycles. The van der Waals surface area contributed by atoms with Crippen molar-refractivity contribution in [2.75, 3.05) is 42.8 Å². The summed E-state index contributed by atoms with van der Waals surface area (Å²) in [4.78, 5) is 18.7. The average Bonchev–Trinajstić information content (AvgIpc) is 2.62. The first-order chi connectivity index (χ1) is 12.4. The molecule has 0 spiro atoms. The van der Waals surface area contributed by atoms with E-state index in [9.17, 15) is 17.6 Å². The van der Waals surface area contributed by atoms with Crippen LogP contribution in [0, 0.1) is 5.82 Å². The number of rotatable bonds is 4. The third-order valence-corrected chi connectivity index (χ3v) is 5.07. The number of hydrogen-bond donors (Lipinski definition) is 1. The maximum atomic E-state index is 14.1. The fraction of sp³-hybridized carbons (Fsp3) is 0.294. The predicted molar refractivity (Wildman–Crippen MR) is 94.7 cm³/mol. The highest BCUT2D eigenvalue weighted by Gasteiger charge is 2.20. The number of nitrogens with zero attached hydrogens (tertiary/aromatic N) is 2. The predicted octanol–water partition coefficient (Wildman–Crippen LogP) is 1.71. The van der Waals surface area contributed by atoms with Crippen molar-refractivity contribution in [3.63, 3.8) is 0 Å². The molecule has 1 amide bonds. The molecule has 1 saturated heterocycles. The molecule has 0 atom stereocenters. The van der Waals surface area contributed by atoms with Crippen molar-refractivity contribution in [2.24, 2.45) is 0 Å². The van der Waals surface area contributed by atoms with Gasteiger partial charge in [0, 0.05) is 25.5 Å². The Morgan fingerprint density at radius 1 is 1.27 bits per heavy atom. The molecule has 1 aromatic heterocycles. The Hall–Kier alpha value is -2.52. The van der Waals surface area contributed by atoms with Crippen molar-refractivity contribution >= 4 is 27.2 Å². The number of benzene rings is 1. The monoisotopic (exact) mass is 379 g/mol. The average molecular weight is 379 g/mol. The zero-order valence-electron chi connectivity index (χ0n) is 14.1. The molecule has 9 heteroatoms. The highest BCUT2D eigenvalue weighted by Crippen LogP contribution is 2.25. The summed E-state index contributed by atoms with van der Waals surface area (Å²) in [5, 5.41) is 2.62. The van der Waals surface area contributed by atoms with Gasteiger partial charge in [0.15, 0.2) is 15.7 Å². The molecular formula is C17H18FN3O4S. The van der Waals surface area contributed by atoms with Crippen LogP contribution in [0.2, 0.25) is 0 Å². The number of amides is 1. The second-order valence-electron chi connectivity index (χ2n) is 5.84. The molecule has 1 fully saturated rings. The number of aromatic nitrogens is 1. The molecule has 2 heterocycles. The van der Waals surface area contributed by atoms with Gasteiger partial charge >= 0.3 is 0 Å². The smallest absolute Gasteiger partial charge is 0.258 e. The minimum absolute atomic E-state index is 0.122. The topological polar surface area (TPSA) is 88.6 Å². The number of nitrogens with one attached hydrogen (secondary N) is 1. The van der Waals surface area contributed by atoms with Gasteiger partial charge in [0.1, 0.15) is 5.82 Å². The molecule has 1 aromatic carbocycles. The number of sulfone groups is 1. The Kier molecular flexibility index (Phi) is 5.19. The number of morpholine rings is 1. The molecule has 0 aliphatic carbocycles. The highest BCUT2D eigenvalue weighted by molar-refractivity contribution is 7.90. The molecule has 1 aliphatic heterocycles. The first kappa shape index (κ1) is 18.3. The largest absolute Gasteiger partial charge is 0.378 e. The summed E-state index contributed by atoms with van der Waals surface area (Å²) in [7, 11) is -3.55. The fourth-order valence-electron chi connectivity index (χ4n) is 2.62. The van der Waals surface area contributed by atoms with Gasteiger partial charge in [0.25, 0.3) is 5.91 Å². The Morgan fingerprint density at radius 3 is 2.69 bits per heavy atom. The molecule has 1 aliphatic rings. The van der Waals surface area contributed by atoms with Crippen molar-refractivity contribution in [3.05, 3.63) is 47.9 Å². The summed E-state index contributed by atoms with van der Waals surface area (Å²) in [5.74, 6) is -0.981. The number of carbonyl (C=O) groups excluding carboxylic acids is 1. The third-order valence-electron chi connectivity index (χ3n) is 3.96. The van der Waals surface area contributed by atoms with E-state index in [0.717, 1.165) is 24.5 Å². The van der Waals surface area contributed by atoms with Gasteiger partial charge in [0.05, 0.1) is 29.4 Å². The molecule has 0 radical (unpaired) electrons. The molecule has 0 unspecified atom stereocenters. The van der Waals surface area contributed by atoms with Gasteiger partial charge in [-0.3, -0.25) is 4.79 Å². The van der Waals surface area contributed by atoms with Crippen LogP contribution in [0.4, 0.5) is 15.9 Å². The fourth-order valence-corrected chi connectivity index (χ4v) is 3.27. The molecule has 0 bridgehead atoms. The summed E-state index contributed by atoms with van der Waals surface area (Å²) < 4.78 is 42.7. The molecule has 7 nitrogen and oxygen atoms in total. The minimum atomic E-state index is -3.55. The molecular weight excluding hydrogens is 361 g/mol. The Morgan fingerprint density at radius 2 is 2.00 bits per heavy atom. The second kappa shape index (κ2) is 7.38. The van der Waals surface area contributed by atoms with E-state index >= 15 is 0 Å². The lowest BCUT2D eigenvalue weighted by Gasteiger charge is -2.29. The van der Waals surface area contributed by atoms with Crippen molar-refractivity contribution < 1.29 is 22.3 Å². The Labute approximate surface area is 150 Å². The third kappa shape index (κ3) is 4.00. The molecule has 2 aromatic rings. The molecule has 138 valence electrons. The summed E-state index contributed by atoms with van der Waals surface area (Å²) in [5.41, 5.74) is 0.0771. The zero-order chi connectivity index (χ0) is 18.7. The maximum Gasteiger partial charge on any atom is 0.258 e. The van der Waals surface area contributed by atoms with Crippen LogP contribution >= 0.6 is 0 Å². The molecule has 26 heavy (non-hydrogen) atoms. The quantitative estimate of drug-likeness (QED) is 0.814. The van der Waals surface area contributed by atoms with Crippen molar-refractivity contribution in [1.29, 1.82) is 0 Å². The number of carbonyl (C=O) groups is 1. The minimum Gasteiger partial charge on any atom is -0.378 e. The van der Waals surface area contributed by atoms with E-state index in [1.807, 2.05) is 4.90 Å². The van der Waals surface area contributed by atoms with Crippen LogP contribution in [-0.4, -0.2) is 51.9 Å². The Balaban J connectivity index is 1.89. The number of anilines is 2. The number of hydrogen-bond acceptors (Lipinski definition) is 6. The van der Waals surface area contributed by atoms with Gasteiger partial charge < -0.3 is 15.0 Å². The van der Waals surface area contributed by atoms with Crippen molar-refractivity contribution in [2.45, 2.75) is 4.90 Å². The normalized spacial score (nSPS) is 14.9. The van der Waals surface area contributed by atoms with E-state index in [1.54, 1.807) is 18.3 Å². The van der Waals surface area contributed by atoms with E-state index in [-0.39, 0.29) is 10.5 Å². The standard InChI is InChI=1S/C17H18FN3O4S/c1-26(23,24)12-4-5-14(18)13(11-12)17(22)20-15-3-2-6-19-16(15)21-7-9-25-10-8-21/h2-6,11H,7-10H2,1H3,(H,20,22). The van der Waals surface area contributed by atoms with Gasteiger partial charge in [-0.05, 0) is 30.3 Å². The van der Waals surface area contributed by atoms with Crippen molar-refractivity contribution in [1.82, 2.24) is 4.98 Å². The summed E-state index contributed by atoms with van der Waals surface area (Å²) in [6.07, 6.45) is 2.60. The number of ether oxygens (including phenoxy) is 1. The highest BCUT2D eigenvalue weighted by atomic mass is 32.2. The van der Waals surface area contributed by atoms with Gasteiger partial charge in [0.2, 0.25) is 0 Å². The van der Waals surface area contributed by atoms with E-state index in [0.29, 0.717) is 37.8 Å². The first-order valence-electron chi connectivity index (χ1n) is 7.95. The van der Waals surface area contributed by atoms with Crippen LogP contribution in [0.5, 0.6) is 0 Å². The van der Waals surface area contributed by atoms with E-state index < -0.39 is 21.6 Å². The summed E-state index contributed by atoms with van der Waals surface area (Å²) in [6, 6.07) is 6.45. The maximum absolute atomic E-state index is 14.1. The van der Waals surface area contributed by atoms with Crippen LogP contribution in [0.1, 0.15) is 10.4 Å². The van der Waals surface area contributed by atoms with Gasteiger partial charge in [-0.15, -0.1) is 0 Å². The van der Waals surface area contributed by atoms with Crippen LogP contribution in [0.25, 0.3) is 0 Å². The number of halogens is 1.